The Morgan fingerprint density at radius 2 is 1.96 bits per heavy atom. The number of benzene rings is 2. The van der Waals surface area contributed by atoms with Crippen molar-refractivity contribution < 1.29 is 13.9 Å². The van der Waals surface area contributed by atoms with Gasteiger partial charge in [-0.2, -0.15) is 0 Å². The van der Waals surface area contributed by atoms with Crippen molar-refractivity contribution in [1.29, 1.82) is 0 Å². The van der Waals surface area contributed by atoms with E-state index in [0.29, 0.717) is 0 Å². The largest absolute Gasteiger partial charge is 0.486 e. The van der Waals surface area contributed by atoms with Crippen LogP contribution < -0.4 is 10.1 Å². The minimum atomic E-state index is -0.381. The Morgan fingerprint density at radius 1 is 1.26 bits per heavy atom. The highest BCUT2D eigenvalue weighted by Gasteiger charge is 2.12. The van der Waals surface area contributed by atoms with Gasteiger partial charge in [-0.05, 0) is 48.7 Å². The lowest BCUT2D eigenvalue weighted by atomic mass is 10.0. The second kappa shape index (κ2) is 7.59. The van der Waals surface area contributed by atoms with Gasteiger partial charge in [0.05, 0.1) is 6.42 Å². The Labute approximate surface area is 144 Å². The zero-order valence-corrected chi connectivity index (χ0v) is 15.0. The summed E-state index contributed by atoms with van der Waals surface area (Å²) < 4.78 is 20.5. The molecule has 0 unspecified atom stereocenters. The Bertz CT molecular complexity index is 731. The third kappa shape index (κ3) is 4.32. The van der Waals surface area contributed by atoms with E-state index in [1.165, 1.54) is 6.07 Å². The summed E-state index contributed by atoms with van der Waals surface area (Å²) in [6.07, 6.45) is 0.254. The van der Waals surface area contributed by atoms with Gasteiger partial charge < -0.3 is 10.1 Å². The fourth-order valence-corrected chi connectivity index (χ4v) is 2.73. The predicted molar refractivity (Wildman–Crippen MR) is 92.1 cm³/mol. The maximum atomic E-state index is 14.0. The quantitative estimate of drug-likeness (QED) is 0.849. The average Bonchev–Trinajstić information content (AvgIpc) is 2.51. The third-order valence-electron chi connectivity index (χ3n) is 3.77. The van der Waals surface area contributed by atoms with E-state index in [9.17, 15) is 9.18 Å². The lowest BCUT2D eigenvalue weighted by Crippen LogP contribution is -2.21. The summed E-state index contributed by atoms with van der Waals surface area (Å²) in [6, 6.07) is 8.77. The first-order valence-electron chi connectivity index (χ1n) is 7.28. The number of hydrogen-bond donors (Lipinski definition) is 1. The zero-order valence-electron chi connectivity index (χ0n) is 13.4. The molecule has 2 rings (SSSR count). The lowest BCUT2D eigenvalue weighted by Gasteiger charge is -2.14. The van der Waals surface area contributed by atoms with Gasteiger partial charge in [-0.25, -0.2) is 4.39 Å². The number of hydrogen-bond acceptors (Lipinski definition) is 2. The molecule has 0 saturated carbocycles. The molecule has 0 bridgehead atoms. The van der Waals surface area contributed by atoms with Gasteiger partial charge in [-0.3, -0.25) is 4.79 Å². The number of carbonyl (C=O) groups excluding carboxylic acids is 1. The van der Waals surface area contributed by atoms with Crippen LogP contribution in [-0.4, -0.2) is 13.0 Å². The van der Waals surface area contributed by atoms with Crippen LogP contribution in [0, 0.1) is 19.7 Å². The summed E-state index contributed by atoms with van der Waals surface area (Å²) in [6.45, 7) is 3.96. The van der Waals surface area contributed by atoms with Gasteiger partial charge in [0.15, 0.2) is 11.6 Å². The Kier molecular flexibility index (Phi) is 5.77. The molecule has 0 aliphatic rings. The molecule has 23 heavy (non-hydrogen) atoms. The number of carbonyl (C=O) groups is 1. The van der Waals surface area contributed by atoms with E-state index in [-0.39, 0.29) is 30.5 Å². The minimum absolute atomic E-state index is 0.0817. The van der Waals surface area contributed by atoms with Crippen molar-refractivity contribution in [3.05, 3.63) is 62.9 Å². The summed E-state index contributed by atoms with van der Waals surface area (Å²) in [4.78, 5) is 11.6. The van der Waals surface area contributed by atoms with Gasteiger partial charge in [0.25, 0.3) is 0 Å². The Balaban J connectivity index is 2.23. The van der Waals surface area contributed by atoms with Gasteiger partial charge in [0, 0.05) is 17.1 Å². The van der Waals surface area contributed by atoms with Crippen LogP contribution in [0.25, 0.3) is 0 Å². The normalized spacial score (nSPS) is 10.5. The van der Waals surface area contributed by atoms with E-state index in [1.54, 1.807) is 13.1 Å². The summed E-state index contributed by atoms with van der Waals surface area (Å²) in [5.41, 5.74) is 3.55. The molecule has 122 valence electrons. The fourth-order valence-electron chi connectivity index (χ4n) is 2.21. The van der Waals surface area contributed by atoms with Crippen LogP contribution in [0.5, 0.6) is 5.75 Å². The Morgan fingerprint density at radius 3 is 2.65 bits per heavy atom. The van der Waals surface area contributed by atoms with Crippen LogP contribution >= 0.6 is 15.9 Å². The van der Waals surface area contributed by atoms with Crippen molar-refractivity contribution in [2.45, 2.75) is 26.9 Å². The highest BCUT2D eigenvalue weighted by molar-refractivity contribution is 9.10. The van der Waals surface area contributed by atoms with Crippen molar-refractivity contribution in [2.75, 3.05) is 7.05 Å². The molecular weight excluding hydrogens is 361 g/mol. The highest BCUT2D eigenvalue weighted by atomic mass is 79.9. The first-order valence-corrected chi connectivity index (χ1v) is 8.08. The molecule has 3 nitrogen and oxygen atoms in total. The summed E-state index contributed by atoms with van der Waals surface area (Å²) in [5.74, 6) is -0.246. The molecule has 1 amide bonds. The fraction of sp³-hybridized carbons (Fsp3) is 0.278. The second-order valence-corrected chi connectivity index (χ2v) is 6.24. The highest BCUT2D eigenvalue weighted by Crippen LogP contribution is 2.26. The van der Waals surface area contributed by atoms with Gasteiger partial charge in [-0.1, -0.05) is 28.1 Å². The van der Waals surface area contributed by atoms with Crippen molar-refractivity contribution in [3.8, 4) is 5.75 Å². The molecule has 0 spiro atoms. The molecule has 2 aromatic rings. The standard InChI is InChI=1S/C18H19BrFNO2/c1-11-7-16(20)17(8-12(11)2)23-10-14-13(9-18(22)21-3)5-4-6-15(14)19/h4-8H,9-10H2,1-3H3,(H,21,22). The van der Waals surface area contributed by atoms with Crippen molar-refractivity contribution in [2.24, 2.45) is 0 Å². The molecular formula is C18H19BrFNO2. The van der Waals surface area contributed by atoms with Crippen molar-refractivity contribution in [3.63, 3.8) is 0 Å². The van der Waals surface area contributed by atoms with E-state index in [4.69, 9.17) is 4.74 Å². The Hall–Kier alpha value is -1.88. The number of rotatable bonds is 5. The lowest BCUT2D eigenvalue weighted by molar-refractivity contribution is -0.119. The van der Waals surface area contributed by atoms with E-state index < -0.39 is 0 Å². The van der Waals surface area contributed by atoms with Gasteiger partial charge in [0.2, 0.25) is 5.91 Å². The molecule has 0 heterocycles. The SMILES string of the molecule is CNC(=O)Cc1cccc(Br)c1COc1cc(C)c(C)cc1F. The second-order valence-electron chi connectivity index (χ2n) is 5.38. The molecule has 0 aromatic heterocycles. The van der Waals surface area contributed by atoms with Gasteiger partial charge in [0.1, 0.15) is 6.61 Å². The first-order chi connectivity index (χ1) is 10.9. The molecule has 0 radical (unpaired) electrons. The third-order valence-corrected chi connectivity index (χ3v) is 4.51. The average molecular weight is 380 g/mol. The molecule has 0 aliphatic carbocycles. The number of halogens is 2. The summed E-state index contributed by atoms with van der Waals surface area (Å²) in [7, 11) is 1.60. The van der Waals surface area contributed by atoms with Crippen LogP contribution in [-0.2, 0) is 17.8 Å². The molecule has 2 aromatic carbocycles. The maximum absolute atomic E-state index is 14.0. The monoisotopic (exact) mass is 379 g/mol. The van der Waals surface area contributed by atoms with E-state index >= 15 is 0 Å². The van der Waals surface area contributed by atoms with Crippen LogP contribution in [0.1, 0.15) is 22.3 Å². The molecule has 5 heteroatoms. The van der Waals surface area contributed by atoms with E-state index in [2.05, 4.69) is 21.2 Å². The van der Waals surface area contributed by atoms with Crippen LogP contribution in [0.15, 0.2) is 34.8 Å². The van der Waals surface area contributed by atoms with E-state index in [0.717, 1.165) is 26.7 Å². The minimum Gasteiger partial charge on any atom is -0.486 e. The van der Waals surface area contributed by atoms with Crippen LogP contribution in [0.3, 0.4) is 0 Å². The number of likely N-dealkylation sites (N-methyl/N-ethyl adjacent to an activating group) is 1. The van der Waals surface area contributed by atoms with Crippen LogP contribution in [0.2, 0.25) is 0 Å². The molecule has 0 atom stereocenters. The number of nitrogens with one attached hydrogen (secondary N) is 1. The number of amides is 1. The van der Waals surface area contributed by atoms with Crippen molar-refractivity contribution >= 4 is 21.8 Å². The molecule has 0 saturated heterocycles. The molecule has 1 N–H and O–H groups in total. The smallest absolute Gasteiger partial charge is 0.224 e. The topological polar surface area (TPSA) is 38.3 Å². The first kappa shape index (κ1) is 17.5. The van der Waals surface area contributed by atoms with Gasteiger partial charge >= 0.3 is 0 Å². The van der Waals surface area contributed by atoms with Crippen molar-refractivity contribution in [1.82, 2.24) is 5.32 Å². The molecule has 0 fully saturated rings. The summed E-state index contributed by atoms with van der Waals surface area (Å²) >= 11 is 3.47. The maximum Gasteiger partial charge on any atom is 0.224 e. The van der Waals surface area contributed by atoms with Crippen LogP contribution in [0.4, 0.5) is 4.39 Å². The number of aryl methyl sites for hydroxylation is 2. The molecule has 0 aliphatic heterocycles. The number of ether oxygens (including phenoxy) is 1. The van der Waals surface area contributed by atoms with E-state index in [1.807, 2.05) is 32.0 Å². The zero-order chi connectivity index (χ0) is 17.0. The predicted octanol–water partition coefficient (Wildman–Crippen LogP) is 4.07. The van der Waals surface area contributed by atoms with Gasteiger partial charge in [-0.15, -0.1) is 0 Å². The summed E-state index contributed by atoms with van der Waals surface area (Å²) in [5, 5.41) is 2.60.